The number of anilines is 1. The SMILES string of the molecule is Nc1cc(S(=O)(=O)NCC2CCCS2(=O)=O)ccc1Br. The van der Waals surface area contributed by atoms with Crippen molar-refractivity contribution in [1.29, 1.82) is 0 Å². The second-order valence-electron chi connectivity index (χ2n) is 4.67. The lowest BCUT2D eigenvalue weighted by atomic mass is 10.2. The molecule has 1 aliphatic heterocycles. The van der Waals surface area contributed by atoms with Crippen LogP contribution < -0.4 is 10.5 Å². The summed E-state index contributed by atoms with van der Waals surface area (Å²) in [6, 6.07) is 4.28. The van der Waals surface area contributed by atoms with Crippen LogP contribution in [-0.4, -0.2) is 34.4 Å². The van der Waals surface area contributed by atoms with Crippen LogP contribution in [0.25, 0.3) is 0 Å². The van der Waals surface area contributed by atoms with Crippen LogP contribution in [0.5, 0.6) is 0 Å². The summed E-state index contributed by atoms with van der Waals surface area (Å²) in [5.41, 5.74) is 5.95. The summed E-state index contributed by atoms with van der Waals surface area (Å²) in [6.45, 7) is -0.0966. The van der Waals surface area contributed by atoms with Gasteiger partial charge in [-0.1, -0.05) is 0 Å². The van der Waals surface area contributed by atoms with Gasteiger partial charge in [0.15, 0.2) is 9.84 Å². The highest BCUT2D eigenvalue weighted by molar-refractivity contribution is 9.10. The van der Waals surface area contributed by atoms with E-state index in [0.29, 0.717) is 23.0 Å². The predicted molar refractivity (Wildman–Crippen MR) is 80.6 cm³/mol. The monoisotopic (exact) mass is 382 g/mol. The Morgan fingerprint density at radius 3 is 2.65 bits per heavy atom. The molecule has 1 unspecified atom stereocenters. The fourth-order valence-corrected chi connectivity index (χ4v) is 5.30. The van der Waals surface area contributed by atoms with E-state index in [0.717, 1.165) is 0 Å². The topological polar surface area (TPSA) is 106 Å². The van der Waals surface area contributed by atoms with Gasteiger partial charge in [0.1, 0.15) is 0 Å². The Labute approximate surface area is 126 Å². The summed E-state index contributed by atoms with van der Waals surface area (Å²) in [5.74, 6) is 0.130. The fraction of sp³-hybridized carbons (Fsp3) is 0.455. The molecule has 1 atom stereocenters. The summed E-state index contributed by atoms with van der Waals surface area (Å²) < 4.78 is 50.4. The second-order valence-corrected chi connectivity index (χ2v) is 9.69. The number of hydrogen-bond acceptors (Lipinski definition) is 5. The van der Waals surface area contributed by atoms with Crippen molar-refractivity contribution in [2.75, 3.05) is 18.0 Å². The molecule has 2 rings (SSSR count). The molecular weight excluding hydrogens is 368 g/mol. The van der Waals surface area contributed by atoms with E-state index in [1.807, 2.05) is 0 Å². The third-order valence-electron chi connectivity index (χ3n) is 3.24. The van der Waals surface area contributed by atoms with Gasteiger partial charge < -0.3 is 5.73 Å². The molecular formula is C11H15BrN2O4S2. The van der Waals surface area contributed by atoms with E-state index in [4.69, 9.17) is 5.73 Å². The van der Waals surface area contributed by atoms with Crippen molar-refractivity contribution in [2.24, 2.45) is 0 Å². The minimum absolute atomic E-state index is 0.0218. The van der Waals surface area contributed by atoms with Gasteiger partial charge >= 0.3 is 0 Å². The molecule has 0 bridgehead atoms. The Bertz CT molecular complexity index is 716. The second kappa shape index (κ2) is 5.63. The number of nitrogens with two attached hydrogens (primary N) is 1. The van der Waals surface area contributed by atoms with Crippen molar-refractivity contribution in [3.05, 3.63) is 22.7 Å². The number of sulfone groups is 1. The minimum atomic E-state index is -3.75. The van der Waals surface area contributed by atoms with Gasteiger partial charge in [0.25, 0.3) is 0 Å². The van der Waals surface area contributed by atoms with E-state index in [2.05, 4.69) is 20.7 Å². The summed E-state index contributed by atoms with van der Waals surface area (Å²) in [4.78, 5) is 0.0218. The Morgan fingerprint density at radius 1 is 1.40 bits per heavy atom. The van der Waals surface area contributed by atoms with Crippen molar-refractivity contribution in [2.45, 2.75) is 23.0 Å². The molecule has 20 heavy (non-hydrogen) atoms. The molecule has 0 aromatic heterocycles. The number of nitrogens with one attached hydrogen (secondary N) is 1. The van der Waals surface area contributed by atoms with Gasteiger partial charge in [-0.05, 0) is 47.0 Å². The van der Waals surface area contributed by atoms with Crippen LogP contribution in [0.3, 0.4) is 0 Å². The first-order chi connectivity index (χ1) is 9.22. The maximum Gasteiger partial charge on any atom is 0.240 e. The number of hydrogen-bond donors (Lipinski definition) is 2. The number of nitrogen functional groups attached to an aromatic ring is 1. The van der Waals surface area contributed by atoms with E-state index < -0.39 is 25.1 Å². The zero-order chi connectivity index (χ0) is 15.0. The predicted octanol–water partition coefficient (Wildman–Crippen LogP) is 0.887. The van der Waals surface area contributed by atoms with Crippen molar-refractivity contribution in [3.8, 4) is 0 Å². The van der Waals surface area contributed by atoms with Crippen molar-refractivity contribution < 1.29 is 16.8 Å². The third kappa shape index (κ3) is 3.33. The molecule has 1 aliphatic rings. The van der Waals surface area contributed by atoms with Gasteiger partial charge in [0, 0.05) is 16.7 Å². The lowest BCUT2D eigenvalue weighted by molar-refractivity contribution is 0.571. The average Bonchev–Trinajstić information content (AvgIpc) is 2.69. The highest BCUT2D eigenvalue weighted by atomic mass is 79.9. The van der Waals surface area contributed by atoms with E-state index in [-0.39, 0.29) is 17.2 Å². The van der Waals surface area contributed by atoms with Crippen molar-refractivity contribution in [1.82, 2.24) is 4.72 Å². The molecule has 3 N–H and O–H groups in total. The minimum Gasteiger partial charge on any atom is -0.398 e. The van der Waals surface area contributed by atoms with E-state index >= 15 is 0 Å². The zero-order valence-corrected chi connectivity index (χ0v) is 13.8. The molecule has 0 spiro atoms. The highest BCUT2D eigenvalue weighted by Crippen LogP contribution is 2.23. The van der Waals surface area contributed by atoms with Gasteiger partial charge in [0.2, 0.25) is 10.0 Å². The average molecular weight is 383 g/mol. The van der Waals surface area contributed by atoms with E-state index in [1.54, 1.807) is 0 Å². The molecule has 0 aliphatic carbocycles. The van der Waals surface area contributed by atoms with Gasteiger partial charge in [-0.25, -0.2) is 21.6 Å². The van der Waals surface area contributed by atoms with Crippen molar-refractivity contribution >= 4 is 41.5 Å². The first-order valence-corrected chi connectivity index (χ1v) is 9.98. The molecule has 0 saturated carbocycles. The molecule has 9 heteroatoms. The summed E-state index contributed by atoms with van der Waals surface area (Å²) in [6.07, 6.45) is 1.08. The highest BCUT2D eigenvalue weighted by Gasteiger charge is 2.32. The zero-order valence-electron chi connectivity index (χ0n) is 10.5. The standard InChI is InChI=1S/C11H15BrN2O4S2/c12-10-4-3-8(6-11(10)13)20(17,18)14-7-9-2-1-5-19(9,15)16/h3-4,6,9,14H,1-2,5,7,13H2. The van der Waals surface area contributed by atoms with E-state index in [1.165, 1.54) is 18.2 Å². The third-order valence-corrected chi connectivity index (χ3v) is 7.66. The van der Waals surface area contributed by atoms with Crippen LogP contribution in [0.15, 0.2) is 27.6 Å². The van der Waals surface area contributed by atoms with Gasteiger partial charge in [-0.15, -0.1) is 0 Å². The fourth-order valence-electron chi connectivity index (χ4n) is 2.06. The van der Waals surface area contributed by atoms with Crippen LogP contribution in [0.1, 0.15) is 12.8 Å². The maximum atomic E-state index is 12.1. The molecule has 1 heterocycles. The lowest BCUT2D eigenvalue weighted by Gasteiger charge is -2.12. The van der Waals surface area contributed by atoms with Gasteiger partial charge in [0.05, 0.1) is 15.9 Å². The van der Waals surface area contributed by atoms with Crippen LogP contribution in [0.2, 0.25) is 0 Å². The number of sulfonamides is 1. The molecule has 6 nitrogen and oxygen atoms in total. The molecule has 0 radical (unpaired) electrons. The molecule has 112 valence electrons. The maximum absolute atomic E-state index is 12.1. The number of benzene rings is 1. The van der Waals surface area contributed by atoms with E-state index in [9.17, 15) is 16.8 Å². The van der Waals surface area contributed by atoms with Crippen molar-refractivity contribution in [3.63, 3.8) is 0 Å². The van der Waals surface area contributed by atoms with Crippen LogP contribution in [0.4, 0.5) is 5.69 Å². The Balaban J connectivity index is 2.13. The molecule has 1 aromatic carbocycles. The normalized spacial score (nSPS) is 21.9. The molecule has 1 fully saturated rings. The first-order valence-electron chi connectivity index (χ1n) is 5.99. The molecule has 0 amide bonds. The van der Waals surface area contributed by atoms with Gasteiger partial charge in [-0.2, -0.15) is 0 Å². The molecule has 1 aromatic rings. The Morgan fingerprint density at radius 2 is 2.10 bits per heavy atom. The summed E-state index contributed by atoms with van der Waals surface area (Å²) in [7, 11) is -6.92. The first kappa shape index (κ1) is 15.7. The quantitative estimate of drug-likeness (QED) is 0.751. The summed E-state index contributed by atoms with van der Waals surface area (Å²) in [5, 5.41) is -0.634. The lowest BCUT2D eigenvalue weighted by Crippen LogP contribution is -2.34. The van der Waals surface area contributed by atoms with Gasteiger partial charge in [-0.3, -0.25) is 0 Å². The largest absolute Gasteiger partial charge is 0.398 e. The Hall–Kier alpha value is -0.640. The number of halogens is 1. The summed E-state index contributed by atoms with van der Waals surface area (Å²) >= 11 is 3.18. The van der Waals surface area contributed by atoms with Crippen LogP contribution in [-0.2, 0) is 19.9 Å². The van der Waals surface area contributed by atoms with Crippen LogP contribution in [0, 0.1) is 0 Å². The number of rotatable bonds is 4. The smallest absolute Gasteiger partial charge is 0.240 e. The molecule has 1 saturated heterocycles. The van der Waals surface area contributed by atoms with Crippen LogP contribution >= 0.6 is 15.9 Å². The Kier molecular flexibility index (Phi) is 4.43.